The van der Waals surface area contributed by atoms with Gasteiger partial charge >= 0.3 is 5.92 Å². The number of allylic oxidation sites excluding steroid dienone is 1. The van der Waals surface area contributed by atoms with Crippen molar-refractivity contribution in [3.63, 3.8) is 0 Å². The Morgan fingerprint density at radius 2 is 1.86 bits per heavy atom. The van der Waals surface area contributed by atoms with Crippen LogP contribution >= 0.6 is 0 Å². The molecule has 1 aromatic rings. The lowest BCUT2D eigenvalue weighted by molar-refractivity contribution is -0.135. The molecule has 0 saturated carbocycles. The summed E-state index contributed by atoms with van der Waals surface area (Å²) in [5.41, 5.74) is 0.727. The fourth-order valence-electron chi connectivity index (χ4n) is 0.882. The quantitative estimate of drug-likeness (QED) is 0.679. The zero-order chi connectivity index (χ0) is 10.6. The van der Waals surface area contributed by atoms with Gasteiger partial charge in [-0.15, -0.1) is 0 Å². The second-order valence-electron chi connectivity index (χ2n) is 3.00. The first-order chi connectivity index (χ1) is 6.50. The van der Waals surface area contributed by atoms with Crippen molar-refractivity contribution in [3.05, 3.63) is 42.0 Å². The summed E-state index contributed by atoms with van der Waals surface area (Å²) >= 11 is 0. The molecular formula is C11H10F2O. The number of benzene rings is 1. The maximum Gasteiger partial charge on any atom is 0.306 e. The van der Waals surface area contributed by atoms with E-state index in [1.54, 1.807) is 24.3 Å². The SMILES string of the molecule is CC(F)(F)C(=O)/C=C/c1ccccc1. The van der Waals surface area contributed by atoms with Crippen molar-refractivity contribution in [2.45, 2.75) is 12.8 Å². The van der Waals surface area contributed by atoms with Crippen LogP contribution in [0, 0.1) is 0 Å². The van der Waals surface area contributed by atoms with E-state index in [9.17, 15) is 13.6 Å². The number of halogens is 2. The van der Waals surface area contributed by atoms with Crippen LogP contribution < -0.4 is 0 Å². The van der Waals surface area contributed by atoms with Crippen LogP contribution in [-0.2, 0) is 4.79 Å². The van der Waals surface area contributed by atoms with E-state index in [0.717, 1.165) is 11.6 Å². The topological polar surface area (TPSA) is 17.1 Å². The van der Waals surface area contributed by atoms with Gasteiger partial charge in [-0.2, -0.15) is 8.78 Å². The highest BCUT2D eigenvalue weighted by Gasteiger charge is 2.29. The average Bonchev–Trinajstić information content (AvgIpc) is 2.14. The largest absolute Gasteiger partial charge is 0.306 e. The minimum absolute atomic E-state index is 0.588. The molecule has 0 fully saturated rings. The fraction of sp³-hybridized carbons (Fsp3) is 0.182. The van der Waals surface area contributed by atoms with E-state index in [-0.39, 0.29) is 0 Å². The van der Waals surface area contributed by atoms with E-state index in [1.807, 2.05) is 6.07 Å². The summed E-state index contributed by atoms with van der Waals surface area (Å²) in [7, 11) is 0. The van der Waals surface area contributed by atoms with E-state index >= 15 is 0 Å². The van der Waals surface area contributed by atoms with Crippen LogP contribution in [0.1, 0.15) is 12.5 Å². The molecule has 14 heavy (non-hydrogen) atoms. The summed E-state index contributed by atoms with van der Waals surface area (Å²) < 4.78 is 24.8. The summed E-state index contributed by atoms with van der Waals surface area (Å²) in [6.07, 6.45) is 2.27. The molecule has 0 aliphatic heterocycles. The van der Waals surface area contributed by atoms with Gasteiger partial charge in [-0.05, 0) is 11.6 Å². The first-order valence-corrected chi connectivity index (χ1v) is 4.15. The van der Waals surface area contributed by atoms with Gasteiger partial charge in [-0.25, -0.2) is 0 Å². The monoisotopic (exact) mass is 196 g/mol. The third-order valence-corrected chi connectivity index (χ3v) is 1.66. The van der Waals surface area contributed by atoms with Crippen LogP contribution in [0.4, 0.5) is 8.78 Å². The molecule has 0 amide bonds. The summed E-state index contributed by atoms with van der Waals surface area (Å²) in [4.78, 5) is 10.8. The van der Waals surface area contributed by atoms with E-state index in [4.69, 9.17) is 0 Å². The molecule has 74 valence electrons. The minimum atomic E-state index is -3.29. The Hall–Kier alpha value is -1.51. The third-order valence-electron chi connectivity index (χ3n) is 1.66. The predicted octanol–water partition coefficient (Wildman–Crippen LogP) is 2.92. The van der Waals surface area contributed by atoms with Crippen molar-refractivity contribution in [2.24, 2.45) is 0 Å². The highest BCUT2D eigenvalue weighted by atomic mass is 19.3. The van der Waals surface area contributed by atoms with Crippen molar-refractivity contribution in [1.29, 1.82) is 0 Å². The number of ketones is 1. The van der Waals surface area contributed by atoms with Crippen molar-refractivity contribution in [3.8, 4) is 0 Å². The van der Waals surface area contributed by atoms with Crippen molar-refractivity contribution in [2.75, 3.05) is 0 Å². The molecule has 0 saturated heterocycles. The number of carbonyl (C=O) groups is 1. The maximum absolute atomic E-state index is 12.4. The zero-order valence-corrected chi connectivity index (χ0v) is 7.71. The minimum Gasteiger partial charge on any atom is -0.288 e. The molecule has 0 atom stereocenters. The summed E-state index contributed by atoms with van der Waals surface area (Å²) in [6, 6.07) is 8.82. The highest BCUT2D eigenvalue weighted by Crippen LogP contribution is 2.14. The smallest absolute Gasteiger partial charge is 0.288 e. The normalized spacial score (nSPS) is 11.9. The first kappa shape index (κ1) is 10.6. The van der Waals surface area contributed by atoms with Crippen LogP contribution in [0.25, 0.3) is 6.08 Å². The number of carbonyl (C=O) groups excluding carboxylic acids is 1. The average molecular weight is 196 g/mol. The van der Waals surface area contributed by atoms with Gasteiger partial charge in [0, 0.05) is 6.92 Å². The number of alkyl halides is 2. The van der Waals surface area contributed by atoms with E-state index in [1.165, 1.54) is 6.08 Å². The molecule has 0 N–H and O–H groups in total. The van der Waals surface area contributed by atoms with Gasteiger partial charge in [0.15, 0.2) is 0 Å². The van der Waals surface area contributed by atoms with Gasteiger partial charge in [0.25, 0.3) is 0 Å². The Kier molecular flexibility index (Phi) is 3.12. The molecule has 0 aromatic heterocycles. The molecule has 0 aliphatic carbocycles. The van der Waals surface area contributed by atoms with Gasteiger partial charge in [-0.1, -0.05) is 36.4 Å². The maximum atomic E-state index is 12.4. The standard InChI is InChI=1S/C11H10F2O/c1-11(12,13)10(14)8-7-9-5-3-2-4-6-9/h2-8H,1H3/b8-7+. The first-order valence-electron chi connectivity index (χ1n) is 4.15. The molecule has 1 aromatic carbocycles. The molecule has 0 unspecified atom stereocenters. The van der Waals surface area contributed by atoms with Gasteiger partial charge in [0.2, 0.25) is 5.78 Å². The Labute approximate surface area is 81.1 Å². The van der Waals surface area contributed by atoms with Gasteiger partial charge in [0.1, 0.15) is 0 Å². The highest BCUT2D eigenvalue weighted by molar-refractivity contribution is 5.98. The summed E-state index contributed by atoms with van der Waals surface area (Å²) in [5, 5.41) is 0. The lowest BCUT2D eigenvalue weighted by Gasteiger charge is -2.03. The number of rotatable bonds is 3. The summed E-state index contributed by atoms with van der Waals surface area (Å²) in [6.45, 7) is 0.588. The van der Waals surface area contributed by atoms with Crippen LogP contribution in [0.15, 0.2) is 36.4 Å². The fourth-order valence-corrected chi connectivity index (χ4v) is 0.882. The van der Waals surface area contributed by atoms with Crippen molar-refractivity contribution < 1.29 is 13.6 Å². The van der Waals surface area contributed by atoms with Crippen molar-refractivity contribution in [1.82, 2.24) is 0 Å². The molecule has 1 rings (SSSR count). The number of hydrogen-bond donors (Lipinski definition) is 0. The second-order valence-corrected chi connectivity index (χ2v) is 3.00. The van der Waals surface area contributed by atoms with Gasteiger partial charge in [0.05, 0.1) is 0 Å². The molecule has 0 spiro atoms. The second kappa shape index (κ2) is 4.13. The third kappa shape index (κ3) is 3.09. The number of hydrogen-bond acceptors (Lipinski definition) is 1. The van der Waals surface area contributed by atoms with E-state index in [2.05, 4.69) is 0 Å². The molecular weight excluding hydrogens is 186 g/mol. The lowest BCUT2D eigenvalue weighted by atomic mass is 10.1. The summed E-state index contributed by atoms with van der Waals surface area (Å²) in [5.74, 6) is -4.47. The zero-order valence-electron chi connectivity index (χ0n) is 7.71. The van der Waals surface area contributed by atoms with Crippen LogP contribution in [0.5, 0.6) is 0 Å². The molecule has 1 nitrogen and oxygen atoms in total. The molecule has 0 heterocycles. The van der Waals surface area contributed by atoms with E-state index < -0.39 is 11.7 Å². The lowest BCUT2D eigenvalue weighted by Crippen LogP contribution is -2.21. The van der Waals surface area contributed by atoms with E-state index in [0.29, 0.717) is 6.92 Å². The van der Waals surface area contributed by atoms with Gasteiger partial charge < -0.3 is 0 Å². The molecule has 0 radical (unpaired) electrons. The van der Waals surface area contributed by atoms with Crippen LogP contribution in [-0.4, -0.2) is 11.7 Å². The van der Waals surface area contributed by atoms with Crippen molar-refractivity contribution >= 4 is 11.9 Å². The Morgan fingerprint density at radius 3 is 2.36 bits per heavy atom. The Bertz CT molecular complexity index is 336. The Balaban J connectivity index is 2.71. The molecule has 3 heteroatoms. The van der Waals surface area contributed by atoms with Crippen LogP contribution in [0.2, 0.25) is 0 Å². The van der Waals surface area contributed by atoms with Crippen LogP contribution in [0.3, 0.4) is 0 Å². The molecule has 0 aliphatic rings. The molecule has 0 bridgehead atoms. The van der Waals surface area contributed by atoms with Gasteiger partial charge in [-0.3, -0.25) is 4.79 Å². The Morgan fingerprint density at radius 1 is 1.29 bits per heavy atom. The predicted molar refractivity (Wildman–Crippen MR) is 51.1 cm³/mol.